The number of H-pyrrole nitrogens is 1. The highest BCUT2D eigenvalue weighted by molar-refractivity contribution is 14.1. The SMILES string of the molecule is CC1(C)CO[C@H](n2ccc(=O)[nH]c2=O)[C@H]1I. The van der Waals surface area contributed by atoms with E-state index in [1.165, 1.54) is 16.8 Å². The normalized spacial score (nSPS) is 28.2. The third-order valence-electron chi connectivity index (χ3n) is 2.75. The van der Waals surface area contributed by atoms with Gasteiger partial charge in [-0.05, 0) is 0 Å². The molecule has 6 heteroatoms. The molecule has 2 rings (SSSR count). The highest BCUT2D eigenvalue weighted by Gasteiger charge is 2.42. The monoisotopic (exact) mass is 336 g/mol. The van der Waals surface area contributed by atoms with E-state index in [1.54, 1.807) is 0 Å². The van der Waals surface area contributed by atoms with Crippen LogP contribution in [0.4, 0.5) is 0 Å². The quantitative estimate of drug-likeness (QED) is 0.612. The zero-order valence-electron chi connectivity index (χ0n) is 9.07. The average molecular weight is 336 g/mol. The number of ether oxygens (including phenoxy) is 1. The zero-order valence-corrected chi connectivity index (χ0v) is 11.2. The number of aromatic nitrogens is 2. The summed E-state index contributed by atoms with van der Waals surface area (Å²) in [7, 11) is 0. The van der Waals surface area contributed by atoms with Crippen molar-refractivity contribution in [2.75, 3.05) is 6.61 Å². The van der Waals surface area contributed by atoms with Gasteiger partial charge in [-0.1, -0.05) is 36.4 Å². The van der Waals surface area contributed by atoms with E-state index in [9.17, 15) is 9.59 Å². The van der Waals surface area contributed by atoms with E-state index in [1.807, 2.05) is 0 Å². The van der Waals surface area contributed by atoms with Crippen LogP contribution in [-0.4, -0.2) is 20.1 Å². The molecule has 5 nitrogen and oxygen atoms in total. The highest BCUT2D eigenvalue weighted by Crippen LogP contribution is 2.42. The lowest BCUT2D eigenvalue weighted by molar-refractivity contribution is 0.0504. The van der Waals surface area contributed by atoms with Crippen molar-refractivity contribution in [3.63, 3.8) is 0 Å². The maximum atomic E-state index is 11.6. The first-order valence-electron chi connectivity index (χ1n) is 4.99. The number of nitrogens with one attached hydrogen (secondary N) is 1. The van der Waals surface area contributed by atoms with Gasteiger partial charge in [0, 0.05) is 17.7 Å². The summed E-state index contributed by atoms with van der Waals surface area (Å²) in [4.78, 5) is 24.8. The van der Waals surface area contributed by atoms with Gasteiger partial charge in [0.15, 0.2) is 6.23 Å². The molecule has 1 saturated heterocycles. The van der Waals surface area contributed by atoms with E-state index in [-0.39, 0.29) is 21.1 Å². The Morgan fingerprint density at radius 2 is 2.25 bits per heavy atom. The molecule has 2 atom stereocenters. The molecule has 1 aromatic heterocycles. The number of hydrogen-bond acceptors (Lipinski definition) is 3. The van der Waals surface area contributed by atoms with Gasteiger partial charge in [-0.25, -0.2) is 4.79 Å². The molecule has 0 saturated carbocycles. The summed E-state index contributed by atoms with van der Waals surface area (Å²) in [5.74, 6) is 0. The number of alkyl halides is 1. The third kappa shape index (κ3) is 1.95. The molecule has 1 aliphatic heterocycles. The maximum absolute atomic E-state index is 11.6. The summed E-state index contributed by atoms with van der Waals surface area (Å²) >= 11 is 2.29. The van der Waals surface area contributed by atoms with Crippen molar-refractivity contribution in [3.8, 4) is 0 Å². The second kappa shape index (κ2) is 3.99. The van der Waals surface area contributed by atoms with Crippen LogP contribution in [0.3, 0.4) is 0 Å². The Morgan fingerprint density at radius 1 is 1.56 bits per heavy atom. The smallest absolute Gasteiger partial charge is 0.330 e. The van der Waals surface area contributed by atoms with Crippen molar-refractivity contribution in [3.05, 3.63) is 33.1 Å². The molecule has 0 unspecified atom stereocenters. The molecule has 1 aromatic rings. The minimum Gasteiger partial charge on any atom is -0.356 e. The van der Waals surface area contributed by atoms with Crippen LogP contribution in [0.25, 0.3) is 0 Å². The predicted molar refractivity (Wildman–Crippen MR) is 67.9 cm³/mol. The fourth-order valence-electron chi connectivity index (χ4n) is 1.70. The predicted octanol–water partition coefficient (Wildman–Crippen LogP) is 0.895. The molecule has 2 heterocycles. The molecule has 88 valence electrons. The van der Waals surface area contributed by atoms with Crippen molar-refractivity contribution < 1.29 is 4.74 Å². The van der Waals surface area contributed by atoms with Gasteiger partial charge in [0.1, 0.15) is 0 Å². The topological polar surface area (TPSA) is 64.1 Å². The largest absolute Gasteiger partial charge is 0.356 e. The van der Waals surface area contributed by atoms with Gasteiger partial charge >= 0.3 is 5.69 Å². The third-order valence-corrected chi connectivity index (χ3v) is 5.05. The van der Waals surface area contributed by atoms with E-state index in [0.717, 1.165) is 0 Å². The van der Waals surface area contributed by atoms with Crippen LogP contribution in [0, 0.1) is 5.41 Å². The van der Waals surface area contributed by atoms with Crippen molar-refractivity contribution in [1.29, 1.82) is 0 Å². The molecule has 0 spiro atoms. The van der Waals surface area contributed by atoms with E-state index < -0.39 is 5.69 Å². The lowest BCUT2D eigenvalue weighted by Crippen LogP contribution is -2.35. The Kier molecular flexibility index (Phi) is 2.95. The van der Waals surface area contributed by atoms with Crippen LogP contribution in [-0.2, 0) is 4.74 Å². The lowest BCUT2D eigenvalue weighted by Gasteiger charge is -2.22. The van der Waals surface area contributed by atoms with E-state index >= 15 is 0 Å². The molecular weight excluding hydrogens is 323 g/mol. The Morgan fingerprint density at radius 3 is 2.75 bits per heavy atom. The number of halogens is 1. The lowest BCUT2D eigenvalue weighted by atomic mass is 9.92. The molecule has 1 fully saturated rings. The van der Waals surface area contributed by atoms with Gasteiger partial charge in [0.2, 0.25) is 0 Å². The fraction of sp³-hybridized carbons (Fsp3) is 0.600. The fourth-order valence-corrected chi connectivity index (χ4v) is 2.43. The highest BCUT2D eigenvalue weighted by atomic mass is 127. The van der Waals surface area contributed by atoms with Crippen molar-refractivity contribution in [2.24, 2.45) is 5.41 Å². The summed E-state index contributed by atoms with van der Waals surface area (Å²) in [5, 5.41) is 0. The number of hydrogen-bond donors (Lipinski definition) is 1. The minimum absolute atomic E-state index is 0.0286. The van der Waals surface area contributed by atoms with Crippen LogP contribution in [0.5, 0.6) is 0 Å². The van der Waals surface area contributed by atoms with Gasteiger partial charge in [-0.2, -0.15) is 0 Å². The van der Waals surface area contributed by atoms with Crippen molar-refractivity contribution in [1.82, 2.24) is 9.55 Å². The number of nitrogens with zero attached hydrogens (tertiary/aromatic N) is 1. The summed E-state index contributed by atoms with van der Waals surface area (Å²) in [6.07, 6.45) is 1.18. The molecule has 0 radical (unpaired) electrons. The molecule has 1 N–H and O–H groups in total. The Balaban J connectivity index is 2.40. The van der Waals surface area contributed by atoms with Gasteiger partial charge in [-0.3, -0.25) is 14.3 Å². The molecule has 0 bridgehead atoms. The molecule has 1 aliphatic rings. The van der Waals surface area contributed by atoms with Crippen LogP contribution in [0.1, 0.15) is 20.1 Å². The molecule has 0 aliphatic carbocycles. The van der Waals surface area contributed by atoms with Crippen LogP contribution >= 0.6 is 22.6 Å². The Bertz CT molecular complexity index is 505. The van der Waals surface area contributed by atoms with Gasteiger partial charge < -0.3 is 4.74 Å². The first-order valence-corrected chi connectivity index (χ1v) is 6.23. The van der Waals surface area contributed by atoms with Gasteiger partial charge in [0.05, 0.1) is 10.5 Å². The molecule has 16 heavy (non-hydrogen) atoms. The summed E-state index contributed by atoms with van der Waals surface area (Å²) in [6.45, 7) is 4.80. The first-order chi connectivity index (χ1) is 7.42. The average Bonchev–Trinajstić information content (AvgIpc) is 2.44. The first kappa shape index (κ1) is 11.8. The summed E-state index contributed by atoms with van der Waals surface area (Å²) in [5.41, 5.74) is -0.777. The summed E-state index contributed by atoms with van der Waals surface area (Å²) in [6, 6.07) is 1.33. The van der Waals surface area contributed by atoms with Crippen LogP contribution < -0.4 is 11.2 Å². The molecule has 0 aromatic carbocycles. The minimum atomic E-state index is -0.420. The van der Waals surface area contributed by atoms with E-state index in [4.69, 9.17) is 4.74 Å². The maximum Gasteiger partial charge on any atom is 0.330 e. The van der Waals surface area contributed by atoms with Gasteiger partial charge in [-0.15, -0.1) is 0 Å². The second-order valence-electron chi connectivity index (χ2n) is 4.61. The molecule has 0 amide bonds. The van der Waals surface area contributed by atoms with Crippen LogP contribution in [0.2, 0.25) is 0 Å². The van der Waals surface area contributed by atoms with E-state index in [0.29, 0.717) is 6.61 Å². The van der Waals surface area contributed by atoms with Crippen LogP contribution in [0.15, 0.2) is 21.9 Å². The van der Waals surface area contributed by atoms with E-state index in [2.05, 4.69) is 41.4 Å². The Hall–Kier alpha value is -0.630. The van der Waals surface area contributed by atoms with Gasteiger partial charge in [0.25, 0.3) is 5.56 Å². The van der Waals surface area contributed by atoms with Crippen molar-refractivity contribution in [2.45, 2.75) is 24.0 Å². The Labute approximate surface area is 106 Å². The van der Waals surface area contributed by atoms with Crippen molar-refractivity contribution >= 4 is 22.6 Å². The molecular formula is C10H13IN2O3. The second-order valence-corrected chi connectivity index (χ2v) is 5.95. The zero-order chi connectivity index (χ0) is 11.9. The number of rotatable bonds is 1. The summed E-state index contributed by atoms with van der Waals surface area (Å²) < 4.78 is 7.25. The number of aromatic amines is 1. The standard InChI is InChI=1S/C10H13IN2O3/c1-10(2)5-16-8(7(10)11)13-4-3-6(14)12-9(13)15/h3-4,7-8H,5H2,1-2H3,(H,12,14,15)/t7-,8+/m1/s1.